The molecular weight excluding hydrogens is 384 g/mol. The van der Waals surface area contributed by atoms with Gasteiger partial charge in [0.25, 0.3) is 0 Å². The first kappa shape index (κ1) is 11.8. The van der Waals surface area contributed by atoms with Crippen molar-refractivity contribution in [3.8, 4) is 0 Å². The highest BCUT2D eigenvalue weighted by atomic mass is 79.9. The molecule has 0 saturated heterocycles. The second kappa shape index (κ2) is 4.29. The van der Waals surface area contributed by atoms with Gasteiger partial charge in [0.1, 0.15) is 0 Å². The van der Waals surface area contributed by atoms with Gasteiger partial charge >= 0.3 is 0 Å². The standard InChI is InChI=1S/C8H4Br2O2S3/c9-5-1-13-3-7(5)15(11,12)8-4-14-2-6(8)10/h1-4H. The normalized spacial score (nSPS) is 11.9. The van der Waals surface area contributed by atoms with Crippen LogP contribution in [0, 0.1) is 0 Å². The summed E-state index contributed by atoms with van der Waals surface area (Å²) in [5, 5.41) is 6.77. The number of sulfone groups is 1. The first-order valence-electron chi connectivity index (χ1n) is 3.72. The molecule has 0 N–H and O–H groups in total. The number of hydrogen-bond acceptors (Lipinski definition) is 4. The van der Waals surface area contributed by atoms with Crippen molar-refractivity contribution in [2.24, 2.45) is 0 Å². The zero-order chi connectivity index (χ0) is 11.1. The van der Waals surface area contributed by atoms with Crippen LogP contribution in [0.3, 0.4) is 0 Å². The molecule has 0 aliphatic rings. The van der Waals surface area contributed by atoms with Crippen molar-refractivity contribution in [3.05, 3.63) is 30.5 Å². The van der Waals surface area contributed by atoms with E-state index < -0.39 is 9.84 Å². The first-order valence-corrected chi connectivity index (χ1v) is 8.67. The SMILES string of the molecule is O=S(=O)(c1cscc1Br)c1cscc1Br. The van der Waals surface area contributed by atoms with E-state index in [0.717, 1.165) is 0 Å². The third-order valence-corrected chi connectivity index (χ3v) is 7.81. The molecule has 0 unspecified atom stereocenters. The molecule has 0 bridgehead atoms. The van der Waals surface area contributed by atoms with Crippen LogP contribution in [0.15, 0.2) is 40.3 Å². The summed E-state index contributed by atoms with van der Waals surface area (Å²) in [7, 11) is -3.39. The largest absolute Gasteiger partial charge is 0.218 e. The smallest absolute Gasteiger partial charge is 0.210 e. The molecule has 0 amide bonds. The summed E-state index contributed by atoms with van der Waals surface area (Å²) in [6.45, 7) is 0. The molecule has 0 fully saturated rings. The third-order valence-electron chi connectivity index (χ3n) is 1.74. The van der Waals surface area contributed by atoms with Gasteiger partial charge in [-0.3, -0.25) is 0 Å². The minimum Gasteiger partial charge on any atom is -0.218 e. The molecule has 0 aliphatic carbocycles. The average molecular weight is 388 g/mol. The van der Waals surface area contributed by atoms with E-state index in [1.54, 1.807) is 21.5 Å². The lowest BCUT2D eigenvalue weighted by Crippen LogP contribution is -2.00. The summed E-state index contributed by atoms with van der Waals surface area (Å²) in [6.07, 6.45) is 0. The maximum absolute atomic E-state index is 12.2. The van der Waals surface area contributed by atoms with Gasteiger partial charge in [0.2, 0.25) is 9.84 Å². The number of halogens is 2. The summed E-state index contributed by atoms with van der Waals surface area (Å²) in [5.74, 6) is 0. The second-order valence-corrected chi connectivity index (χ2v) is 7.75. The quantitative estimate of drug-likeness (QED) is 0.774. The van der Waals surface area contributed by atoms with Gasteiger partial charge in [0, 0.05) is 30.5 Å². The van der Waals surface area contributed by atoms with Gasteiger partial charge in [-0.05, 0) is 31.9 Å². The molecule has 0 atom stereocenters. The number of rotatable bonds is 2. The van der Waals surface area contributed by atoms with Crippen molar-refractivity contribution < 1.29 is 8.42 Å². The fraction of sp³-hybridized carbons (Fsp3) is 0. The molecule has 2 aromatic rings. The monoisotopic (exact) mass is 386 g/mol. The first-order chi connectivity index (χ1) is 7.03. The van der Waals surface area contributed by atoms with E-state index in [-0.39, 0.29) is 0 Å². The number of thiophene rings is 2. The predicted octanol–water partition coefficient (Wildman–Crippen LogP) is 4.17. The predicted molar refractivity (Wildman–Crippen MR) is 69.5 cm³/mol. The van der Waals surface area contributed by atoms with Crippen molar-refractivity contribution in [1.82, 2.24) is 0 Å². The highest BCUT2D eigenvalue weighted by molar-refractivity contribution is 9.11. The molecule has 0 aliphatic heterocycles. The Morgan fingerprint density at radius 1 is 0.867 bits per heavy atom. The highest BCUT2D eigenvalue weighted by Gasteiger charge is 2.24. The Hall–Kier alpha value is 0.310. The lowest BCUT2D eigenvalue weighted by molar-refractivity contribution is 0.596. The molecule has 2 aromatic heterocycles. The van der Waals surface area contributed by atoms with Gasteiger partial charge < -0.3 is 0 Å². The van der Waals surface area contributed by atoms with E-state index in [1.807, 2.05) is 0 Å². The minimum atomic E-state index is -3.39. The summed E-state index contributed by atoms with van der Waals surface area (Å²) in [6, 6.07) is 0. The highest BCUT2D eigenvalue weighted by Crippen LogP contribution is 2.35. The van der Waals surface area contributed by atoms with Gasteiger partial charge in [-0.1, -0.05) is 0 Å². The van der Waals surface area contributed by atoms with Crippen LogP contribution in [0.5, 0.6) is 0 Å². The van der Waals surface area contributed by atoms with E-state index in [2.05, 4.69) is 31.9 Å². The van der Waals surface area contributed by atoms with Crippen molar-refractivity contribution in [2.75, 3.05) is 0 Å². The molecule has 0 spiro atoms. The average Bonchev–Trinajstić information content (AvgIpc) is 2.73. The van der Waals surface area contributed by atoms with E-state index in [0.29, 0.717) is 18.7 Å². The van der Waals surface area contributed by atoms with Crippen LogP contribution in [0.1, 0.15) is 0 Å². The second-order valence-electron chi connectivity index (χ2n) is 2.67. The Labute approximate surface area is 112 Å². The van der Waals surface area contributed by atoms with Crippen molar-refractivity contribution >= 4 is 64.4 Å². The Morgan fingerprint density at radius 2 is 1.27 bits per heavy atom. The molecule has 2 nitrogen and oxygen atoms in total. The summed E-state index contributed by atoms with van der Waals surface area (Å²) in [5.41, 5.74) is 0. The Morgan fingerprint density at radius 3 is 1.53 bits per heavy atom. The molecule has 2 heterocycles. The van der Waals surface area contributed by atoms with Crippen LogP contribution in [0.25, 0.3) is 0 Å². The van der Waals surface area contributed by atoms with Gasteiger partial charge in [-0.25, -0.2) is 8.42 Å². The zero-order valence-corrected chi connectivity index (χ0v) is 12.7. The molecule has 7 heteroatoms. The summed E-state index contributed by atoms with van der Waals surface area (Å²) in [4.78, 5) is 0.651. The Kier molecular flexibility index (Phi) is 3.37. The fourth-order valence-electron chi connectivity index (χ4n) is 1.04. The Balaban J connectivity index is 2.64. The van der Waals surface area contributed by atoms with E-state index in [9.17, 15) is 8.42 Å². The van der Waals surface area contributed by atoms with Crippen LogP contribution in [0.4, 0.5) is 0 Å². The van der Waals surface area contributed by atoms with Crippen LogP contribution >= 0.6 is 54.5 Å². The molecule has 2 rings (SSSR count). The molecule has 0 saturated carbocycles. The fourth-order valence-corrected chi connectivity index (χ4v) is 6.99. The maximum Gasteiger partial charge on any atom is 0.210 e. The van der Waals surface area contributed by atoms with Gasteiger partial charge in [-0.15, -0.1) is 22.7 Å². The maximum atomic E-state index is 12.2. The van der Waals surface area contributed by atoms with Crippen LogP contribution < -0.4 is 0 Å². The van der Waals surface area contributed by atoms with Crippen LogP contribution in [-0.4, -0.2) is 8.42 Å². The molecule has 80 valence electrons. The van der Waals surface area contributed by atoms with Gasteiger partial charge in [0.05, 0.1) is 9.79 Å². The molecule has 0 radical (unpaired) electrons. The van der Waals surface area contributed by atoms with Crippen molar-refractivity contribution in [1.29, 1.82) is 0 Å². The zero-order valence-electron chi connectivity index (χ0n) is 7.11. The van der Waals surface area contributed by atoms with Crippen LogP contribution in [0.2, 0.25) is 0 Å². The van der Waals surface area contributed by atoms with E-state index in [4.69, 9.17) is 0 Å². The minimum absolute atomic E-state index is 0.326. The van der Waals surface area contributed by atoms with Gasteiger partial charge in [-0.2, -0.15) is 0 Å². The third kappa shape index (κ3) is 2.08. The molecule has 0 aromatic carbocycles. The summed E-state index contributed by atoms with van der Waals surface area (Å²) >= 11 is 9.18. The van der Waals surface area contributed by atoms with Gasteiger partial charge in [0.15, 0.2) is 0 Å². The van der Waals surface area contributed by atoms with Crippen molar-refractivity contribution in [3.63, 3.8) is 0 Å². The van der Waals surface area contributed by atoms with E-state index in [1.165, 1.54) is 22.7 Å². The number of hydrogen-bond donors (Lipinski definition) is 0. The molecule has 15 heavy (non-hydrogen) atoms. The lowest BCUT2D eigenvalue weighted by Gasteiger charge is -2.00. The topological polar surface area (TPSA) is 34.1 Å². The lowest BCUT2D eigenvalue weighted by atomic mass is 10.7. The Bertz CT molecular complexity index is 536. The molecular formula is C8H4Br2O2S3. The van der Waals surface area contributed by atoms with E-state index >= 15 is 0 Å². The van der Waals surface area contributed by atoms with Crippen molar-refractivity contribution in [2.45, 2.75) is 9.79 Å². The van der Waals surface area contributed by atoms with Crippen LogP contribution in [-0.2, 0) is 9.84 Å². The summed E-state index contributed by atoms with van der Waals surface area (Å²) < 4.78 is 25.5.